The maximum atomic E-state index is 12.7. The van der Waals surface area contributed by atoms with Crippen LogP contribution in [0.1, 0.15) is 320 Å². The smallest absolute Gasteiger partial charge is 0.391 e. The van der Waals surface area contributed by atoms with Crippen molar-refractivity contribution in [2.24, 2.45) is 78.8 Å². The standard InChI is InChI=1S/C14H20O.C14H22O.C13H17F.C13H20O.C12H17ClO.C12H15NO.C11H19F3.C11H15F.C11H14N4.C10H16S/c1-14(2,3)12-6-8-13(9-7-12)15-10-11-4-5-11;1-12(14(2,3)4)10-15-11-13-8-6-5-7-9-13;1-13(2,3)12-8-11(12)9-4-6-10(14)7-5-9;1-11(13(2,3)4)14-10-12-8-6-5-7-9-12;1-12(2,3)9-14-8-10-6-4-5-7-11(10)13;1-12(2,3)9-14-11-6-4-5-10(7-11)8-13;1-10(2,3)8-5-4-6-9(7-8)11(12,13)14;1-11(2,3)8-9-4-6-10(12)7-5-9;1-9(2)7-10-3-5-11(6-4-10)15-8-12-13-14-15;1-8-5-6-9(11-8)7-10(2,3)4/h6-9,11H,4-5,10H2,1-3H3;5-9,12H,10-11H2,1-4H3;4-7,11-12H,8H2,1-3H3;5-9,11H,10H2,1-4H3;4-7H,8-9H2,1-3H3;4-7H,9H2,1-3H3;8-9H,4-7H2,1-3H3;4-7H,8H2,1-3H3;3-6,8-9H,7H2,1-2H3;5-6H,7H2,1-4H3. The molecule has 10 nitrogen and oxygen atoms in total. The molecule has 0 spiro atoms. The molecule has 8 aromatic carbocycles. The van der Waals surface area contributed by atoms with Gasteiger partial charge in [-0.3, -0.25) is 0 Å². The second kappa shape index (κ2) is 57.5. The van der Waals surface area contributed by atoms with Gasteiger partial charge in [-0.25, -0.2) is 13.5 Å². The van der Waals surface area contributed by atoms with Crippen LogP contribution in [-0.2, 0) is 58.7 Å². The van der Waals surface area contributed by atoms with Gasteiger partial charge in [0.2, 0.25) is 0 Å². The van der Waals surface area contributed by atoms with Crippen molar-refractivity contribution < 1.29 is 45.6 Å². The fourth-order valence-electron chi connectivity index (χ4n) is 14.2. The molecule has 2 aromatic heterocycles. The van der Waals surface area contributed by atoms with Gasteiger partial charge in [-0.1, -0.05) is 359 Å². The summed E-state index contributed by atoms with van der Waals surface area (Å²) in [4.78, 5) is 2.93. The summed E-state index contributed by atoms with van der Waals surface area (Å²) in [6.07, 6.45) is 7.49. The van der Waals surface area contributed by atoms with Gasteiger partial charge in [-0.2, -0.15) is 18.4 Å². The lowest BCUT2D eigenvalue weighted by Gasteiger charge is -2.38. The average molecular weight is 1940 g/mol. The van der Waals surface area contributed by atoms with Gasteiger partial charge in [-0.15, -0.1) is 16.4 Å². The lowest BCUT2D eigenvalue weighted by Crippen LogP contribution is -2.33. The van der Waals surface area contributed by atoms with Gasteiger partial charge in [0.1, 0.15) is 29.5 Å². The Balaban J connectivity index is 0.000000321. The summed E-state index contributed by atoms with van der Waals surface area (Å²) >= 11 is 7.91. The van der Waals surface area contributed by atoms with E-state index in [0.717, 1.165) is 91.7 Å². The third-order valence-corrected chi connectivity index (χ3v) is 25.1. The van der Waals surface area contributed by atoms with Crippen LogP contribution in [-0.4, -0.2) is 58.9 Å². The largest absolute Gasteiger partial charge is 0.493 e. The molecule has 0 amide bonds. The first-order chi connectivity index (χ1) is 63.9. The highest BCUT2D eigenvalue weighted by atomic mass is 35.5. The summed E-state index contributed by atoms with van der Waals surface area (Å²) in [5, 5.41) is 20.5. The number of benzene rings is 8. The minimum absolute atomic E-state index is 0.0178. The molecule has 0 radical (unpaired) electrons. The van der Waals surface area contributed by atoms with E-state index in [9.17, 15) is 22.0 Å². The SMILES string of the molecule is CC(C)(C)C1CC1c1ccc(F)cc1.CC(C)(C)C1CCCC(C(F)(F)F)C1.CC(C)(C)COCc1ccccc1Cl.CC(C)(C)COc1cccc(C#N)c1.CC(C)(C)Cc1ccc(F)cc1.CC(C)(C)c1ccc(OCC2CC2)cc1.CC(C)Cc1ccc(-n2cnnn2)cc1.CC(COCc1ccccc1)C(C)(C)C.CC(OCc1ccccc1)C(C)(C)C.Cc1ccc(CC(C)(C)C)s1. The van der Waals surface area contributed by atoms with Crippen LogP contribution in [0.3, 0.4) is 0 Å². The molecule has 3 saturated carbocycles. The van der Waals surface area contributed by atoms with Crippen LogP contribution in [0.4, 0.5) is 22.0 Å². The summed E-state index contributed by atoms with van der Waals surface area (Å²) in [5.41, 5.74) is 12.6. The molecule has 3 fully saturated rings. The van der Waals surface area contributed by atoms with Crippen LogP contribution >= 0.6 is 22.9 Å². The molecule has 10 aromatic rings. The van der Waals surface area contributed by atoms with Crippen molar-refractivity contribution in [1.82, 2.24) is 20.2 Å². The van der Waals surface area contributed by atoms with E-state index < -0.39 is 12.1 Å². The molecule has 762 valence electrons. The van der Waals surface area contributed by atoms with Crippen LogP contribution in [0.2, 0.25) is 5.02 Å². The predicted molar refractivity (Wildman–Crippen MR) is 572 cm³/mol. The highest BCUT2D eigenvalue weighted by Gasteiger charge is 2.46. The van der Waals surface area contributed by atoms with Crippen molar-refractivity contribution in [2.45, 2.75) is 329 Å². The summed E-state index contributed by atoms with van der Waals surface area (Å²) in [5.74, 6) is 4.17. The number of thiophene rings is 1. The summed E-state index contributed by atoms with van der Waals surface area (Å²) < 4.78 is 92.7. The Morgan fingerprint density at radius 3 is 1.49 bits per heavy atom. The van der Waals surface area contributed by atoms with E-state index in [0.29, 0.717) is 72.2 Å². The monoisotopic (exact) mass is 1940 g/mol. The van der Waals surface area contributed by atoms with Gasteiger partial charge in [0.05, 0.1) is 75.6 Å². The predicted octanol–water partition coefficient (Wildman–Crippen LogP) is 35.5. The molecule has 2 heterocycles. The summed E-state index contributed by atoms with van der Waals surface area (Å²) in [7, 11) is 0. The maximum Gasteiger partial charge on any atom is 0.391 e. The third kappa shape index (κ3) is 55.0. The van der Waals surface area contributed by atoms with E-state index >= 15 is 0 Å². The fourth-order valence-corrected chi connectivity index (χ4v) is 15.5. The molecule has 0 N–H and O–H groups in total. The number of alkyl halides is 3. The van der Waals surface area contributed by atoms with Gasteiger partial charge in [0, 0.05) is 14.8 Å². The Labute approximate surface area is 842 Å². The van der Waals surface area contributed by atoms with Crippen molar-refractivity contribution in [3.63, 3.8) is 0 Å². The topological polar surface area (TPSA) is 114 Å². The van der Waals surface area contributed by atoms with Crippen molar-refractivity contribution >= 4 is 22.9 Å². The first-order valence-electron chi connectivity index (χ1n) is 49.8. The van der Waals surface area contributed by atoms with Crippen molar-refractivity contribution in [1.29, 1.82) is 5.26 Å². The van der Waals surface area contributed by atoms with E-state index in [1.54, 1.807) is 35.3 Å². The number of aryl methyl sites for hydroxylation is 1. The van der Waals surface area contributed by atoms with E-state index in [-0.39, 0.29) is 56.1 Å². The van der Waals surface area contributed by atoms with E-state index in [2.05, 4.69) is 295 Å². The van der Waals surface area contributed by atoms with Crippen LogP contribution in [0.5, 0.6) is 11.5 Å². The number of hydrogen-bond acceptors (Lipinski definition) is 10. The quantitative estimate of drug-likeness (QED) is 0.0649. The molecule has 0 aliphatic heterocycles. The Bertz CT molecular complexity index is 4950. The number of nitriles is 1. The van der Waals surface area contributed by atoms with Gasteiger partial charge in [0.25, 0.3) is 0 Å². The molecule has 3 aliphatic rings. The summed E-state index contributed by atoms with van der Waals surface area (Å²) in [6, 6.07) is 72.7. The Morgan fingerprint density at radius 2 is 1.03 bits per heavy atom. The zero-order valence-electron chi connectivity index (χ0n) is 90.5. The number of tetrazole rings is 1. The normalized spacial score (nSPS) is 15.9. The lowest BCUT2D eigenvalue weighted by atomic mass is 9.69. The average Bonchev–Trinajstić information content (AvgIpc) is 1.62. The van der Waals surface area contributed by atoms with Crippen LogP contribution in [0, 0.1) is 109 Å². The van der Waals surface area contributed by atoms with E-state index in [1.807, 2.05) is 141 Å². The molecular formula is C121H175ClF5N5O5S. The number of hydrogen-bond donors (Lipinski definition) is 0. The number of aromatic nitrogens is 4. The Morgan fingerprint density at radius 1 is 0.493 bits per heavy atom. The number of ether oxygens (including phenoxy) is 5. The second-order valence-corrected chi connectivity index (χ2v) is 50.0. The zero-order valence-corrected chi connectivity index (χ0v) is 92.0. The molecule has 138 heavy (non-hydrogen) atoms. The van der Waals surface area contributed by atoms with E-state index in [4.69, 9.17) is 40.5 Å². The molecule has 13 rings (SSSR count). The molecule has 3 aliphatic carbocycles. The van der Waals surface area contributed by atoms with Gasteiger partial charge >= 0.3 is 6.18 Å². The molecule has 0 saturated heterocycles. The maximum absolute atomic E-state index is 12.7. The number of rotatable bonds is 21. The Kier molecular flexibility index (Phi) is 50.7. The minimum atomic E-state index is -3.98. The van der Waals surface area contributed by atoms with Crippen molar-refractivity contribution in [3.05, 3.63) is 296 Å². The third-order valence-electron chi connectivity index (χ3n) is 23.7. The zero-order chi connectivity index (χ0) is 104. The van der Waals surface area contributed by atoms with Crippen LogP contribution in [0.15, 0.2) is 225 Å². The number of halogens is 6. The Hall–Kier alpha value is -8.56. The van der Waals surface area contributed by atoms with Gasteiger partial charge in [0.15, 0.2) is 0 Å². The van der Waals surface area contributed by atoms with Crippen LogP contribution in [0.25, 0.3) is 5.69 Å². The van der Waals surface area contributed by atoms with Crippen molar-refractivity contribution in [3.8, 4) is 23.3 Å². The lowest BCUT2D eigenvalue weighted by molar-refractivity contribution is -0.188. The molecule has 17 heteroatoms. The molecule has 6 unspecified atom stereocenters. The van der Waals surface area contributed by atoms with Crippen molar-refractivity contribution in [2.75, 3.05) is 26.4 Å². The van der Waals surface area contributed by atoms with Gasteiger partial charge < -0.3 is 23.7 Å². The molecule has 0 bridgehead atoms. The highest BCUT2D eigenvalue weighted by Crippen LogP contribution is 2.57. The first kappa shape index (κ1) is 122. The second-order valence-electron chi connectivity index (χ2n) is 48.2. The first-order valence-corrected chi connectivity index (χ1v) is 51.0. The summed E-state index contributed by atoms with van der Waals surface area (Å²) in [6.45, 7) is 75.3. The fraction of sp³-hybridized carbons (Fsp3) is 0.554. The highest BCUT2D eigenvalue weighted by molar-refractivity contribution is 7.11. The van der Waals surface area contributed by atoms with Gasteiger partial charge in [-0.05, 0) is 290 Å². The molecule has 6 atom stereocenters. The number of nitrogens with zero attached hydrogens (tertiary/aromatic N) is 5. The van der Waals surface area contributed by atoms with E-state index in [1.165, 1.54) is 81.0 Å². The minimum Gasteiger partial charge on any atom is -0.493 e. The van der Waals surface area contributed by atoms with Crippen LogP contribution < -0.4 is 9.47 Å². The molecular weight excluding hydrogens is 1770 g/mol.